The van der Waals surface area contributed by atoms with Gasteiger partial charge in [0, 0.05) is 25.2 Å². The summed E-state index contributed by atoms with van der Waals surface area (Å²) in [6.45, 7) is 2.38. The van der Waals surface area contributed by atoms with E-state index in [2.05, 4.69) is 15.3 Å². The second-order valence-corrected chi connectivity index (χ2v) is 6.25. The minimum absolute atomic E-state index is 0.121. The molecule has 1 aromatic carbocycles. The molecule has 1 fully saturated rings. The molecular weight excluding hydrogens is 292 g/mol. The number of aromatic nitrogens is 2. The highest BCUT2D eigenvalue weighted by molar-refractivity contribution is 6.04. The Morgan fingerprint density at radius 3 is 3.09 bits per heavy atom. The van der Waals surface area contributed by atoms with Gasteiger partial charge < -0.3 is 15.0 Å². The van der Waals surface area contributed by atoms with Crippen LogP contribution in [0, 0.1) is 5.92 Å². The molecule has 0 atom stereocenters. The van der Waals surface area contributed by atoms with E-state index in [1.54, 1.807) is 12.3 Å². The molecule has 23 heavy (non-hydrogen) atoms. The van der Waals surface area contributed by atoms with E-state index in [9.17, 15) is 4.79 Å². The third kappa shape index (κ3) is 2.88. The monoisotopic (exact) mass is 312 g/mol. The van der Waals surface area contributed by atoms with Crippen LogP contribution >= 0.6 is 0 Å². The first kappa shape index (κ1) is 14.1. The van der Waals surface area contributed by atoms with Gasteiger partial charge in [0.25, 0.3) is 5.91 Å². The maximum Gasteiger partial charge on any atom is 0.256 e. The predicted molar refractivity (Wildman–Crippen MR) is 88.1 cm³/mol. The molecule has 1 aliphatic heterocycles. The first-order valence-electron chi connectivity index (χ1n) is 8.02. The number of anilines is 2. The van der Waals surface area contributed by atoms with Gasteiger partial charge in [-0.3, -0.25) is 4.79 Å². The molecule has 0 bridgehead atoms. The third-order valence-electron chi connectivity index (χ3n) is 4.40. The third-order valence-corrected chi connectivity index (χ3v) is 4.40. The van der Waals surface area contributed by atoms with Crippen molar-refractivity contribution in [2.24, 2.45) is 5.92 Å². The molecule has 0 unspecified atom stereocenters. The lowest BCUT2D eigenvalue weighted by atomic mass is 10.1. The maximum atomic E-state index is 12.5. The number of carbonyl (C=O) groups excluding carboxylic acids is 1. The van der Waals surface area contributed by atoms with Crippen molar-refractivity contribution in [3.8, 4) is 5.75 Å². The van der Waals surface area contributed by atoms with Crippen LogP contribution in [0.15, 0.2) is 30.5 Å². The zero-order valence-electron chi connectivity index (χ0n) is 13.2. The Balaban J connectivity index is 1.53. The highest BCUT2D eigenvalue weighted by Gasteiger charge is 2.23. The number of nitrogens with zero attached hydrogens (tertiary/aromatic N) is 3. The highest BCUT2D eigenvalue weighted by Crippen LogP contribution is 2.32. The molecule has 2 heterocycles. The lowest BCUT2D eigenvalue weighted by Gasteiger charge is -2.27. The van der Waals surface area contributed by atoms with Gasteiger partial charge in [0.1, 0.15) is 18.2 Å². The number of likely N-dealkylation sites (N-methyl/N-ethyl adjacent to an activating group) is 1. The predicted octanol–water partition coefficient (Wildman–Crippen LogP) is 2.37. The van der Waals surface area contributed by atoms with E-state index in [4.69, 9.17) is 4.74 Å². The van der Waals surface area contributed by atoms with Gasteiger partial charge in [-0.2, -0.15) is 5.10 Å². The maximum absolute atomic E-state index is 12.5. The molecular formula is C17H20N4O2. The molecule has 1 aliphatic carbocycles. The van der Waals surface area contributed by atoms with Gasteiger partial charge in [0.05, 0.1) is 18.4 Å². The molecule has 6 heteroatoms. The van der Waals surface area contributed by atoms with Crippen molar-refractivity contribution in [2.45, 2.75) is 19.4 Å². The summed E-state index contributed by atoms with van der Waals surface area (Å²) >= 11 is 0. The summed E-state index contributed by atoms with van der Waals surface area (Å²) in [6.07, 6.45) is 4.24. The van der Waals surface area contributed by atoms with E-state index < -0.39 is 0 Å². The molecule has 6 nitrogen and oxygen atoms in total. The van der Waals surface area contributed by atoms with Crippen LogP contribution in [0.1, 0.15) is 23.2 Å². The highest BCUT2D eigenvalue weighted by atomic mass is 16.5. The zero-order chi connectivity index (χ0) is 15.8. The molecule has 0 spiro atoms. The summed E-state index contributed by atoms with van der Waals surface area (Å²) in [5.74, 6) is 2.17. The number of benzene rings is 1. The Labute approximate surface area is 135 Å². The SMILES string of the molecule is CN1CCOc2ccc(C(=O)Nc3ccnn3CC3CC3)cc21. The van der Waals surface area contributed by atoms with E-state index in [0.29, 0.717) is 18.1 Å². The molecule has 2 aromatic rings. The second-order valence-electron chi connectivity index (χ2n) is 6.25. The summed E-state index contributed by atoms with van der Waals surface area (Å²) in [6, 6.07) is 7.38. The minimum Gasteiger partial charge on any atom is -0.490 e. The standard InChI is InChI=1S/C17H20N4O2/c1-20-8-9-23-15-5-4-13(10-14(15)20)17(22)19-16-6-7-18-21(16)11-12-2-3-12/h4-7,10,12H,2-3,8-9,11H2,1H3,(H,19,22). The van der Waals surface area contributed by atoms with Crippen LogP contribution in [0.2, 0.25) is 0 Å². The molecule has 1 aromatic heterocycles. The molecule has 120 valence electrons. The van der Waals surface area contributed by atoms with Crippen molar-refractivity contribution in [3.63, 3.8) is 0 Å². The molecule has 1 N–H and O–H groups in total. The van der Waals surface area contributed by atoms with Crippen LogP contribution in [-0.4, -0.2) is 35.9 Å². The second kappa shape index (κ2) is 5.61. The first-order chi connectivity index (χ1) is 11.2. The fraction of sp³-hybridized carbons (Fsp3) is 0.412. The Hall–Kier alpha value is -2.50. The van der Waals surface area contributed by atoms with Crippen molar-refractivity contribution in [1.29, 1.82) is 0 Å². The van der Waals surface area contributed by atoms with Gasteiger partial charge in [0.2, 0.25) is 0 Å². The quantitative estimate of drug-likeness (QED) is 0.941. The van der Waals surface area contributed by atoms with Gasteiger partial charge in [-0.1, -0.05) is 0 Å². The normalized spacial score (nSPS) is 16.7. The van der Waals surface area contributed by atoms with Crippen molar-refractivity contribution < 1.29 is 9.53 Å². The van der Waals surface area contributed by atoms with Crippen LogP contribution < -0.4 is 15.0 Å². The van der Waals surface area contributed by atoms with Crippen LogP contribution in [-0.2, 0) is 6.54 Å². The minimum atomic E-state index is -0.121. The summed E-state index contributed by atoms with van der Waals surface area (Å²) in [4.78, 5) is 14.7. The van der Waals surface area contributed by atoms with Crippen molar-refractivity contribution in [1.82, 2.24) is 9.78 Å². The van der Waals surface area contributed by atoms with Gasteiger partial charge in [-0.15, -0.1) is 0 Å². The topological polar surface area (TPSA) is 59.4 Å². The van der Waals surface area contributed by atoms with Crippen LogP contribution in [0.5, 0.6) is 5.75 Å². The van der Waals surface area contributed by atoms with E-state index in [1.807, 2.05) is 29.9 Å². The van der Waals surface area contributed by atoms with Crippen LogP contribution in [0.25, 0.3) is 0 Å². The van der Waals surface area contributed by atoms with Crippen molar-refractivity contribution >= 4 is 17.4 Å². The van der Waals surface area contributed by atoms with E-state index in [0.717, 1.165) is 30.3 Å². The number of fused-ring (bicyclic) bond motifs is 1. The molecule has 2 aliphatic rings. The largest absolute Gasteiger partial charge is 0.490 e. The molecule has 0 saturated heterocycles. The van der Waals surface area contributed by atoms with Crippen LogP contribution in [0.4, 0.5) is 11.5 Å². The number of nitrogens with one attached hydrogen (secondary N) is 1. The number of ether oxygens (including phenoxy) is 1. The zero-order valence-corrected chi connectivity index (χ0v) is 13.2. The molecule has 1 saturated carbocycles. The summed E-state index contributed by atoms with van der Waals surface area (Å²) in [5.41, 5.74) is 1.58. The smallest absolute Gasteiger partial charge is 0.256 e. The summed E-state index contributed by atoms with van der Waals surface area (Å²) in [7, 11) is 2.01. The first-order valence-corrected chi connectivity index (χ1v) is 8.02. The van der Waals surface area contributed by atoms with E-state index in [-0.39, 0.29) is 5.91 Å². The number of carbonyl (C=O) groups is 1. The Kier molecular flexibility index (Phi) is 3.44. The van der Waals surface area contributed by atoms with Crippen molar-refractivity contribution in [2.75, 3.05) is 30.4 Å². The number of rotatable bonds is 4. The van der Waals surface area contributed by atoms with Crippen molar-refractivity contribution in [3.05, 3.63) is 36.0 Å². The fourth-order valence-electron chi connectivity index (χ4n) is 2.81. The molecule has 1 amide bonds. The van der Waals surface area contributed by atoms with Gasteiger partial charge in [-0.05, 0) is 37.0 Å². The number of amides is 1. The van der Waals surface area contributed by atoms with Gasteiger partial charge >= 0.3 is 0 Å². The van der Waals surface area contributed by atoms with E-state index >= 15 is 0 Å². The average Bonchev–Trinajstić information content (AvgIpc) is 3.27. The number of hydrogen-bond acceptors (Lipinski definition) is 4. The Bertz CT molecular complexity index is 736. The van der Waals surface area contributed by atoms with Gasteiger partial charge in [0.15, 0.2) is 0 Å². The fourth-order valence-corrected chi connectivity index (χ4v) is 2.81. The average molecular weight is 312 g/mol. The Morgan fingerprint density at radius 1 is 1.39 bits per heavy atom. The Morgan fingerprint density at radius 2 is 2.26 bits per heavy atom. The lowest BCUT2D eigenvalue weighted by Crippen LogP contribution is -2.29. The molecule has 0 radical (unpaired) electrons. The lowest BCUT2D eigenvalue weighted by molar-refractivity contribution is 0.102. The van der Waals surface area contributed by atoms with Crippen LogP contribution in [0.3, 0.4) is 0 Å². The van der Waals surface area contributed by atoms with Gasteiger partial charge in [-0.25, -0.2) is 4.68 Å². The molecule has 4 rings (SSSR count). The van der Waals surface area contributed by atoms with E-state index in [1.165, 1.54) is 12.8 Å². The summed E-state index contributed by atoms with van der Waals surface area (Å²) < 4.78 is 7.49. The number of hydrogen-bond donors (Lipinski definition) is 1. The summed E-state index contributed by atoms with van der Waals surface area (Å²) in [5, 5.41) is 7.26.